The first-order valence-corrected chi connectivity index (χ1v) is 8.71. The van der Waals surface area contributed by atoms with Crippen molar-refractivity contribution in [1.82, 2.24) is 15.5 Å². The van der Waals surface area contributed by atoms with Crippen molar-refractivity contribution in [3.05, 3.63) is 40.7 Å². The third-order valence-corrected chi connectivity index (χ3v) is 4.80. The fourth-order valence-electron chi connectivity index (χ4n) is 3.45. The third kappa shape index (κ3) is 3.22. The first-order valence-electron chi connectivity index (χ1n) is 8.71. The Morgan fingerprint density at radius 1 is 1.16 bits per heavy atom. The SMILES string of the molecule is O=C1CNc2ccc(C(=O)NCc3n[nH]c4c3CCCCC4)cc2N1. The van der Waals surface area contributed by atoms with Crippen LogP contribution in [0.15, 0.2) is 18.2 Å². The van der Waals surface area contributed by atoms with E-state index in [0.717, 1.165) is 24.2 Å². The van der Waals surface area contributed by atoms with Crippen molar-refractivity contribution in [3.8, 4) is 0 Å². The first-order chi connectivity index (χ1) is 12.2. The summed E-state index contributed by atoms with van der Waals surface area (Å²) in [6.45, 7) is 0.662. The second kappa shape index (κ2) is 6.58. The van der Waals surface area contributed by atoms with Gasteiger partial charge < -0.3 is 16.0 Å². The number of hydrogen-bond acceptors (Lipinski definition) is 4. The van der Waals surface area contributed by atoms with Crippen molar-refractivity contribution in [3.63, 3.8) is 0 Å². The number of aromatic nitrogens is 2. The van der Waals surface area contributed by atoms with E-state index in [1.165, 1.54) is 30.5 Å². The summed E-state index contributed by atoms with van der Waals surface area (Å²) in [5.74, 6) is -0.280. The summed E-state index contributed by atoms with van der Waals surface area (Å²) in [5.41, 5.74) is 5.39. The van der Waals surface area contributed by atoms with E-state index in [9.17, 15) is 9.59 Å². The van der Waals surface area contributed by atoms with Crippen LogP contribution < -0.4 is 16.0 Å². The molecule has 1 aliphatic heterocycles. The third-order valence-electron chi connectivity index (χ3n) is 4.80. The summed E-state index contributed by atoms with van der Waals surface area (Å²) in [5, 5.41) is 16.2. The highest BCUT2D eigenvalue weighted by Crippen LogP contribution is 2.26. The van der Waals surface area contributed by atoms with Crippen LogP contribution in [0.1, 0.15) is 46.6 Å². The summed E-state index contributed by atoms with van der Waals surface area (Å²) in [4.78, 5) is 23.9. The Morgan fingerprint density at radius 2 is 2.04 bits per heavy atom. The highest BCUT2D eigenvalue weighted by atomic mass is 16.2. The van der Waals surface area contributed by atoms with Gasteiger partial charge in [-0.15, -0.1) is 0 Å². The van der Waals surface area contributed by atoms with Crippen LogP contribution in [0.3, 0.4) is 0 Å². The number of carbonyl (C=O) groups excluding carboxylic acids is 2. The number of nitrogens with zero attached hydrogens (tertiary/aromatic N) is 1. The molecule has 130 valence electrons. The van der Waals surface area contributed by atoms with Crippen molar-refractivity contribution in [2.45, 2.75) is 38.6 Å². The normalized spacial score (nSPS) is 16.1. The molecule has 7 nitrogen and oxygen atoms in total. The van der Waals surface area contributed by atoms with Crippen molar-refractivity contribution in [2.24, 2.45) is 0 Å². The second-order valence-corrected chi connectivity index (χ2v) is 6.53. The van der Waals surface area contributed by atoms with Crippen LogP contribution in [0, 0.1) is 0 Å². The van der Waals surface area contributed by atoms with Crippen LogP contribution in [0.5, 0.6) is 0 Å². The highest BCUT2D eigenvalue weighted by molar-refractivity contribution is 6.03. The second-order valence-electron chi connectivity index (χ2n) is 6.53. The van der Waals surface area contributed by atoms with Gasteiger partial charge in [-0.05, 0) is 49.4 Å². The minimum atomic E-state index is -0.173. The molecule has 1 aromatic carbocycles. The molecule has 2 heterocycles. The van der Waals surface area contributed by atoms with Gasteiger partial charge in [0, 0.05) is 11.3 Å². The van der Waals surface area contributed by atoms with Crippen molar-refractivity contribution >= 4 is 23.2 Å². The van der Waals surface area contributed by atoms with Gasteiger partial charge in [0.25, 0.3) is 5.91 Å². The Balaban J connectivity index is 1.45. The molecule has 4 rings (SSSR count). The summed E-state index contributed by atoms with van der Waals surface area (Å²) in [6.07, 6.45) is 5.66. The lowest BCUT2D eigenvalue weighted by Gasteiger charge is -2.19. The Kier molecular flexibility index (Phi) is 4.13. The molecule has 2 amide bonds. The van der Waals surface area contributed by atoms with Gasteiger partial charge in [0.15, 0.2) is 0 Å². The maximum Gasteiger partial charge on any atom is 0.251 e. The average Bonchev–Trinajstić information content (AvgIpc) is 2.85. The number of benzene rings is 1. The number of nitrogens with one attached hydrogen (secondary N) is 4. The Labute approximate surface area is 145 Å². The molecule has 2 aliphatic rings. The predicted molar refractivity (Wildman–Crippen MR) is 94.6 cm³/mol. The molecule has 0 bridgehead atoms. The van der Waals surface area contributed by atoms with Crippen molar-refractivity contribution in [1.29, 1.82) is 0 Å². The van der Waals surface area contributed by atoms with Gasteiger partial charge in [-0.2, -0.15) is 5.10 Å². The molecule has 0 radical (unpaired) electrons. The number of aromatic amines is 1. The summed E-state index contributed by atoms with van der Waals surface area (Å²) >= 11 is 0. The van der Waals surface area contributed by atoms with Gasteiger partial charge in [-0.1, -0.05) is 6.42 Å². The molecule has 7 heteroatoms. The Morgan fingerprint density at radius 3 is 2.96 bits per heavy atom. The van der Waals surface area contributed by atoms with Crippen LogP contribution in [0.4, 0.5) is 11.4 Å². The molecule has 0 saturated carbocycles. The maximum atomic E-state index is 12.5. The van der Waals surface area contributed by atoms with Gasteiger partial charge in [0.2, 0.25) is 5.91 Å². The first kappa shape index (κ1) is 15.7. The van der Waals surface area contributed by atoms with E-state index in [0.29, 0.717) is 17.8 Å². The number of amides is 2. The smallest absolute Gasteiger partial charge is 0.251 e. The number of rotatable bonds is 3. The van der Waals surface area contributed by atoms with E-state index in [-0.39, 0.29) is 18.4 Å². The van der Waals surface area contributed by atoms with Gasteiger partial charge in [0.05, 0.1) is 30.2 Å². The molecule has 0 atom stereocenters. The number of aryl methyl sites for hydroxylation is 1. The van der Waals surface area contributed by atoms with Crippen LogP contribution in [-0.4, -0.2) is 28.6 Å². The lowest BCUT2D eigenvalue weighted by atomic mass is 10.1. The quantitative estimate of drug-likeness (QED) is 0.643. The van der Waals surface area contributed by atoms with E-state index in [1.54, 1.807) is 12.1 Å². The summed E-state index contributed by atoms with van der Waals surface area (Å²) < 4.78 is 0. The number of H-pyrrole nitrogens is 1. The maximum absolute atomic E-state index is 12.5. The van der Waals surface area contributed by atoms with Crippen molar-refractivity contribution < 1.29 is 9.59 Å². The van der Waals surface area contributed by atoms with Gasteiger partial charge in [0.1, 0.15) is 0 Å². The number of anilines is 2. The van der Waals surface area contributed by atoms with E-state index in [2.05, 4.69) is 26.1 Å². The Hall–Kier alpha value is -2.83. The molecular weight excluding hydrogens is 318 g/mol. The fourth-order valence-corrected chi connectivity index (χ4v) is 3.45. The van der Waals surface area contributed by atoms with E-state index in [1.807, 2.05) is 6.07 Å². The van der Waals surface area contributed by atoms with Crippen LogP contribution in [0.2, 0.25) is 0 Å². The molecule has 0 spiro atoms. The van der Waals surface area contributed by atoms with Gasteiger partial charge in [-0.25, -0.2) is 0 Å². The van der Waals surface area contributed by atoms with Crippen molar-refractivity contribution in [2.75, 3.05) is 17.2 Å². The van der Waals surface area contributed by atoms with Gasteiger partial charge in [-0.3, -0.25) is 14.7 Å². The van der Waals surface area contributed by atoms with E-state index < -0.39 is 0 Å². The molecule has 0 saturated heterocycles. The van der Waals surface area contributed by atoms with E-state index in [4.69, 9.17) is 0 Å². The number of fused-ring (bicyclic) bond motifs is 2. The van der Waals surface area contributed by atoms with E-state index >= 15 is 0 Å². The highest BCUT2D eigenvalue weighted by Gasteiger charge is 2.18. The monoisotopic (exact) mass is 339 g/mol. The molecule has 2 aromatic rings. The predicted octanol–water partition coefficient (Wildman–Crippen LogP) is 1.97. The van der Waals surface area contributed by atoms with Gasteiger partial charge >= 0.3 is 0 Å². The standard InChI is InChI=1S/C18H21N5O2/c24-17-10-19-14-7-6-11(8-15(14)21-17)18(25)20-9-16-12-4-2-1-3-5-13(12)22-23-16/h6-8,19H,1-5,9-10H2,(H,20,25)(H,21,24)(H,22,23). The Bertz CT molecular complexity index is 827. The molecule has 25 heavy (non-hydrogen) atoms. The largest absolute Gasteiger partial charge is 0.374 e. The zero-order valence-electron chi connectivity index (χ0n) is 13.9. The molecule has 0 unspecified atom stereocenters. The lowest BCUT2D eigenvalue weighted by Crippen LogP contribution is -2.28. The summed E-state index contributed by atoms with van der Waals surface area (Å²) in [7, 11) is 0. The lowest BCUT2D eigenvalue weighted by molar-refractivity contribution is -0.114. The zero-order chi connectivity index (χ0) is 17.2. The number of hydrogen-bond donors (Lipinski definition) is 4. The minimum Gasteiger partial charge on any atom is -0.374 e. The van der Waals surface area contributed by atoms with Crippen LogP contribution >= 0.6 is 0 Å². The minimum absolute atomic E-state index is 0.107. The number of carbonyl (C=O) groups is 2. The molecule has 1 aliphatic carbocycles. The van der Waals surface area contributed by atoms with Crippen LogP contribution in [0.25, 0.3) is 0 Å². The fraction of sp³-hybridized carbons (Fsp3) is 0.389. The zero-order valence-corrected chi connectivity index (χ0v) is 13.9. The van der Waals surface area contributed by atoms with Crippen LogP contribution in [-0.2, 0) is 24.2 Å². The topological polar surface area (TPSA) is 98.9 Å². The molecule has 0 fully saturated rings. The molecule has 4 N–H and O–H groups in total. The molecule has 1 aromatic heterocycles. The average molecular weight is 339 g/mol. The molecular formula is C18H21N5O2. The summed E-state index contributed by atoms with van der Waals surface area (Å²) in [6, 6.07) is 5.26.